The summed E-state index contributed by atoms with van der Waals surface area (Å²) in [6.45, 7) is 2.74. The second kappa shape index (κ2) is 5.82. The van der Waals surface area contributed by atoms with Crippen LogP contribution in [0.3, 0.4) is 0 Å². The standard InChI is InChI=1S/C20H23N3/c1-14-5-4-12-23-19(18(10-11-21)22-20(14)23)17-9-8-15-6-2-3-7-16(15)13-17/h4-5,8-9,12-13H,2-3,6-7,10-11,21H2,1H3. The third-order valence-electron chi connectivity index (χ3n) is 4.92. The van der Waals surface area contributed by atoms with Crippen molar-refractivity contribution in [3.8, 4) is 11.3 Å². The molecule has 0 spiro atoms. The van der Waals surface area contributed by atoms with Crippen LogP contribution >= 0.6 is 0 Å². The number of hydrogen-bond acceptors (Lipinski definition) is 2. The van der Waals surface area contributed by atoms with Gasteiger partial charge in [0.05, 0.1) is 11.4 Å². The number of benzene rings is 1. The molecule has 1 aromatic carbocycles. The minimum Gasteiger partial charge on any atom is -0.330 e. The molecule has 2 N–H and O–H groups in total. The van der Waals surface area contributed by atoms with E-state index in [1.165, 1.54) is 53.6 Å². The molecule has 0 atom stereocenters. The Morgan fingerprint density at radius 1 is 1.13 bits per heavy atom. The van der Waals surface area contributed by atoms with Crippen molar-refractivity contribution in [2.45, 2.75) is 39.0 Å². The number of pyridine rings is 1. The summed E-state index contributed by atoms with van der Waals surface area (Å²) in [5.41, 5.74) is 14.7. The lowest BCUT2D eigenvalue weighted by atomic mass is 9.89. The maximum absolute atomic E-state index is 5.83. The van der Waals surface area contributed by atoms with Gasteiger partial charge in [0, 0.05) is 18.2 Å². The summed E-state index contributed by atoms with van der Waals surface area (Å²) in [5.74, 6) is 0. The van der Waals surface area contributed by atoms with Crippen molar-refractivity contribution in [1.82, 2.24) is 9.38 Å². The Morgan fingerprint density at radius 2 is 1.96 bits per heavy atom. The monoisotopic (exact) mass is 305 g/mol. The molecule has 0 fully saturated rings. The molecule has 0 unspecified atom stereocenters. The fourth-order valence-corrected chi connectivity index (χ4v) is 3.75. The van der Waals surface area contributed by atoms with E-state index >= 15 is 0 Å². The first-order valence-corrected chi connectivity index (χ1v) is 8.56. The summed E-state index contributed by atoms with van der Waals surface area (Å²) in [4.78, 5) is 4.87. The highest BCUT2D eigenvalue weighted by molar-refractivity contribution is 5.70. The molecule has 0 saturated heterocycles. The molecule has 118 valence electrons. The Morgan fingerprint density at radius 3 is 2.78 bits per heavy atom. The van der Waals surface area contributed by atoms with Crippen LogP contribution in [0.25, 0.3) is 16.9 Å². The maximum Gasteiger partial charge on any atom is 0.140 e. The first-order chi connectivity index (χ1) is 11.3. The molecule has 0 saturated carbocycles. The number of aromatic nitrogens is 2. The average Bonchev–Trinajstić information content (AvgIpc) is 2.94. The number of fused-ring (bicyclic) bond motifs is 2. The lowest BCUT2D eigenvalue weighted by molar-refractivity contribution is 0.686. The van der Waals surface area contributed by atoms with Crippen molar-refractivity contribution >= 4 is 5.65 Å². The molecule has 4 rings (SSSR count). The SMILES string of the molecule is Cc1cccn2c(-c3ccc4c(c3)CCCC4)c(CCN)nc12. The van der Waals surface area contributed by atoms with Crippen molar-refractivity contribution in [2.24, 2.45) is 5.73 Å². The molecule has 3 nitrogen and oxygen atoms in total. The van der Waals surface area contributed by atoms with Crippen molar-refractivity contribution in [3.63, 3.8) is 0 Å². The Labute approximate surface area is 137 Å². The van der Waals surface area contributed by atoms with E-state index in [0.29, 0.717) is 6.54 Å². The highest BCUT2D eigenvalue weighted by atomic mass is 15.0. The predicted octanol–water partition coefficient (Wildman–Crippen LogP) is 3.69. The van der Waals surface area contributed by atoms with Gasteiger partial charge in [-0.25, -0.2) is 4.98 Å². The Hall–Kier alpha value is -2.13. The molecular formula is C20H23N3. The van der Waals surface area contributed by atoms with Gasteiger partial charge in [0.25, 0.3) is 0 Å². The van der Waals surface area contributed by atoms with Gasteiger partial charge in [-0.1, -0.05) is 18.2 Å². The summed E-state index contributed by atoms with van der Waals surface area (Å²) in [5, 5.41) is 0. The summed E-state index contributed by atoms with van der Waals surface area (Å²) >= 11 is 0. The van der Waals surface area contributed by atoms with Gasteiger partial charge >= 0.3 is 0 Å². The maximum atomic E-state index is 5.83. The van der Waals surface area contributed by atoms with Crippen LogP contribution in [-0.2, 0) is 19.3 Å². The third kappa shape index (κ3) is 2.45. The van der Waals surface area contributed by atoms with Crippen molar-refractivity contribution < 1.29 is 0 Å². The second-order valence-electron chi connectivity index (χ2n) is 6.52. The van der Waals surface area contributed by atoms with Crippen LogP contribution < -0.4 is 5.73 Å². The first-order valence-electron chi connectivity index (χ1n) is 8.56. The molecule has 0 bridgehead atoms. The van der Waals surface area contributed by atoms with Crippen molar-refractivity contribution in [2.75, 3.05) is 6.54 Å². The number of aryl methyl sites for hydroxylation is 3. The molecule has 1 aliphatic rings. The van der Waals surface area contributed by atoms with E-state index in [1.807, 2.05) is 0 Å². The van der Waals surface area contributed by atoms with Crippen LogP contribution in [0, 0.1) is 6.92 Å². The van der Waals surface area contributed by atoms with Gasteiger partial charge in [0.2, 0.25) is 0 Å². The molecule has 1 aliphatic carbocycles. The second-order valence-corrected chi connectivity index (χ2v) is 6.52. The highest BCUT2D eigenvalue weighted by Gasteiger charge is 2.17. The molecule has 0 aliphatic heterocycles. The third-order valence-corrected chi connectivity index (χ3v) is 4.92. The molecule has 0 radical (unpaired) electrons. The van der Waals surface area contributed by atoms with E-state index in [4.69, 9.17) is 10.7 Å². The minimum absolute atomic E-state index is 0.626. The summed E-state index contributed by atoms with van der Waals surface area (Å²) < 4.78 is 2.23. The summed E-state index contributed by atoms with van der Waals surface area (Å²) in [6, 6.07) is 11.2. The van der Waals surface area contributed by atoms with Gasteiger partial charge < -0.3 is 5.73 Å². The minimum atomic E-state index is 0.626. The fraction of sp³-hybridized carbons (Fsp3) is 0.350. The largest absolute Gasteiger partial charge is 0.330 e. The molecule has 2 heterocycles. The summed E-state index contributed by atoms with van der Waals surface area (Å²) in [6.07, 6.45) is 7.97. The van der Waals surface area contributed by atoms with Gasteiger partial charge in [-0.3, -0.25) is 4.40 Å². The normalized spacial score (nSPS) is 14.2. The van der Waals surface area contributed by atoms with Crippen LogP contribution in [0.15, 0.2) is 36.5 Å². The van der Waals surface area contributed by atoms with E-state index in [1.54, 1.807) is 0 Å². The van der Waals surface area contributed by atoms with Crippen LogP contribution in [0.1, 0.15) is 35.2 Å². The number of nitrogens with zero attached hydrogens (tertiary/aromatic N) is 2. The van der Waals surface area contributed by atoms with Crippen molar-refractivity contribution in [1.29, 1.82) is 0 Å². The van der Waals surface area contributed by atoms with Crippen LogP contribution in [-0.4, -0.2) is 15.9 Å². The molecule has 3 heteroatoms. The van der Waals surface area contributed by atoms with Crippen LogP contribution in [0.4, 0.5) is 0 Å². The molecule has 23 heavy (non-hydrogen) atoms. The zero-order valence-corrected chi connectivity index (χ0v) is 13.7. The molecule has 3 aromatic rings. The van der Waals surface area contributed by atoms with Gasteiger partial charge in [-0.05, 0) is 68.0 Å². The topological polar surface area (TPSA) is 43.3 Å². The van der Waals surface area contributed by atoms with Crippen molar-refractivity contribution in [3.05, 3.63) is 58.9 Å². The quantitative estimate of drug-likeness (QED) is 0.802. The summed E-state index contributed by atoms with van der Waals surface area (Å²) in [7, 11) is 0. The van der Waals surface area contributed by atoms with Gasteiger partial charge in [0.1, 0.15) is 5.65 Å². The Balaban J connectivity index is 1.93. The molecular weight excluding hydrogens is 282 g/mol. The van der Waals surface area contributed by atoms with E-state index in [2.05, 4.69) is 47.9 Å². The molecule has 0 amide bonds. The smallest absolute Gasteiger partial charge is 0.140 e. The highest BCUT2D eigenvalue weighted by Crippen LogP contribution is 2.31. The fourth-order valence-electron chi connectivity index (χ4n) is 3.75. The predicted molar refractivity (Wildman–Crippen MR) is 94.8 cm³/mol. The van der Waals surface area contributed by atoms with E-state index in [9.17, 15) is 0 Å². The zero-order chi connectivity index (χ0) is 15.8. The Bertz CT molecular complexity index is 861. The number of rotatable bonds is 3. The number of hydrogen-bond donors (Lipinski definition) is 1. The lowest BCUT2D eigenvalue weighted by Crippen LogP contribution is -2.05. The molecule has 2 aromatic heterocycles. The van der Waals surface area contributed by atoms with Crippen LogP contribution in [0.2, 0.25) is 0 Å². The number of imidazole rings is 1. The average molecular weight is 305 g/mol. The van der Waals surface area contributed by atoms with Gasteiger partial charge in [-0.2, -0.15) is 0 Å². The van der Waals surface area contributed by atoms with E-state index in [0.717, 1.165) is 17.8 Å². The van der Waals surface area contributed by atoms with Gasteiger partial charge in [0.15, 0.2) is 0 Å². The Kier molecular flexibility index (Phi) is 3.66. The lowest BCUT2D eigenvalue weighted by Gasteiger charge is -2.17. The van der Waals surface area contributed by atoms with E-state index in [-0.39, 0.29) is 0 Å². The van der Waals surface area contributed by atoms with Gasteiger partial charge in [-0.15, -0.1) is 0 Å². The van der Waals surface area contributed by atoms with Crippen LogP contribution in [0.5, 0.6) is 0 Å². The van der Waals surface area contributed by atoms with E-state index < -0.39 is 0 Å². The number of nitrogens with two attached hydrogens (primary N) is 1. The first kappa shape index (κ1) is 14.5. The zero-order valence-electron chi connectivity index (χ0n) is 13.7.